The Morgan fingerprint density at radius 3 is 2.55 bits per heavy atom. The third kappa shape index (κ3) is 4.01. The van der Waals surface area contributed by atoms with E-state index in [1.54, 1.807) is 6.07 Å². The maximum absolute atomic E-state index is 12.6. The van der Waals surface area contributed by atoms with Gasteiger partial charge in [0.15, 0.2) is 0 Å². The first-order chi connectivity index (χ1) is 9.50. The molecule has 0 saturated heterocycles. The van der Waals surface area contributed by atoms with Crippen LogP contribution in [-0.2, 0) is 6.18 Å². The molecule has 1 aromatic rings. The number of nitrogens with one attached hydrogen (secondary N) is 1. The van der Waals surface area contributed by atoms with Crippen molar-refractivity contribution < 1.29 is 13.2 Å². The van der Waals surface area contributed by atoms with Crippen LogP contribution in [0.4, 0.5) is 19.0 Å². The van der Waals surface area contributed by atoms with E-state index in [2.05, 4.69) is 10.3 Å². The highest BCUT2D eigenvalue weighted by atomic mass is 35.5. The number of anilines is 1. The lowest BCUT2D eigenvalue weighted by molar-refractivity contribution is -0.141. The molecule has 0 bridgehead atoms. The van der Waals surface area contributed by atoms with Crippen LogP contribution in [0.3, 0.4) is 0 Å². The first-order valence-corrected chi connectivity index (χ1v) is 7.38. The number of pyridine rings is 1. The molecular weight excluding hydrogens is 289 g/mol. The van der Waals surface area contributed by atoms with Gasteiger partial charge in [-0.2, -0.15) is 13.2 Å². The number of halogens is 4. The topological polar surface area (TPSA) is 24.9 Å². The van der Waals surface area contributed by atoms with Crippen molar-refractivity contribution in [3.8, 4) is 0 Å². The minimum atomic E-state index is -4.40. The molecule has 0 radical (unpaired) electrons. The van der Waals surface area contributed by atoms with Crippen LogP contribution < -0.4 is 5.32 Å². The predicted molar refractivity (Wildman–Crippen MR) is 73.9 cm³/mol. The SMILES string of the molecule is FC(F)(F)c1cccc(NCC2CCCCC2CCl)n1. The maximum atomic E-state index is 12.6. The van der Waals surface area contributed by atoms with Gasteiger partial charge in [0.1, 0.15) is 11.5 Å². The molecule has 0 aliphatic heterocycles. The largest absolute Gasteiger partial charge is 0.433 e. The van der Waals surface area contributed by atoms with Gasteiger partial charge < -0.3 is 5.32 Å². The Morgan fingerprint density at radius 2 is 1.90 bits per heavy atom. The number of alkyl halides is 4. The summed E-state index contributed by atoms with van der Waals surface area (Å²) in [5.41, 5.74) is -0.861. The fourth-order valence-corrected chi connectivity index (χ4v) is 3.09. The van der Waals surface area contributed by atoms with Crippen molar-refractivity contribution in [2.75, 3.05) is 17.7 Å². The minimum Gasteiger partial charge on any atom is -0.370 e. The number of aromatic nitrogens is 1. The van der Waals surface area contributed by atoms with E-state index in [0.29, 0.717) is 24.3 Å². The van der Waals surface area contributed by atoms with Crippen LogP contribution in [0, 0.1) is 11.8 Å². The Balaban J connectivity index is 1.96. The van der Waals surface area contributed by atoms with Crippen LogP contribution in [-0.4, -0.2) is 17.4 Å². The van der Waals surface area contributed by atoms with Gasteiger partial charge in [-0.25, -0.2) is 4.98 Å². The molecule has 2 rings (SSSR count). The number of hydrogen-bond acceptors (Lipinski definition) is 2. The van der Waals surface area contributed by atoms with Crippen LogP contribution in [0.2, 0.25) is 0 Å². The van der Waals surface area contributed by atoms with Crippen molar-refractivity contribution >= 4 is 17.4 Å². The highest BCUT2D eigenvalue weighted by molar-refractivity contribution is 6.18. The monoisotopic (exact) mass is 306 g/mol. The zero-order valence-electron chi connectivity index (χ0n) is 11.1. The molecule has 1 aliphatic carbocycles. The lowest BCUT2D eigenvalue weighted by atomic mass is 9.80. The Kier molecular flexibility index (Phi) is 5.13. The summed E-state index contributed by atoms with van der Waals surface area (Å²) in [5, 5.41) is 3.02. The molecule has 0 spiro atoms. The third-order valence-electron chi connectivity index (χ3n) is 3.85. The first-order valence-electron chi connectivity index (χ1n) is 6.85. The molecule has 1 aliphatic rings. The highest BCUT2D eigenvalue weighted by Gasteiger charge is 2.32. The zero-order valence-corrected chi connectivity index (χ0v) is 11.8. The fourth-order valence-electron chi connectivity index (χ4n) is 2.68. The predicted octanol–water partition coefficient (Wildman–Crippen LogP) is 4.56. The van der Waals surface area contributed by atoms with E-state index >= 15 is 0 Å². The third-order valence-corrected chi connectivity index (χ3v) is 4.25. The Bertz CT molecular complexity index is 437. The summed E-state index contributed by atoms with van der Waals surface area (Å²) in [4.78, 5) is 3.61. The van der Waals surface area contributed by atoms with Crippen LogP contribution in [0.5, 0.6) is 0 Å². The summed E-state index contributed by atoms with van der Waals surface area (Å²) >= 11 is 5.95. The minimum absolute atomic E-state index is 0.277. The van der Waals surface area contributed by atoms with Crippen LogP contribution in [0.15, 0.2) is 18.2 Å². The average molecular weight is 307 g/mol. The van der Waals surface area contributed by atoms with E-state index in [-0.39, 0.29) is 5.82 Å². The summed E-state index contributed by atoms with van der Waals surface area (Å²) < 4.78 is 37.7. The van der Waals surface area contributed by atoms with Gasteiger partial charge in [-0.05, 0) is 36.8 Å². The van der Waals surface area contributed by atoms with Gasteiger partial charge in [0.25, 0.3) is 0 Å². The summed E-state index contributed by atoms with van der Waals surface area (Å²) in [5.74, 6) is 1.75. The Morgan fingerprint density at radius 1 is 1.20 bits per heavy atom. The molecule has 1 fully saturated rings. The average Bonchev–Trinajstić information content (AvgIpc) is 2.45. The normalized spacial score (nSPS) is 23.6. The Hall–Kier alpha value is -0.970. The Labute approximate surface area is 121 Å². The fraction of sp³-hybridized carbons (Fsp3) is 0.643. The van der Waals surface area contributed by atoms with E-state index in [4.69, 9.17) is 11.6 Å². The summed E-state index contributed by atoms with van der Waals surface area (Å²) in [6.45, 7) is 0.631. The summed E-state index contributed by atoms with van der Waals surface area (Å²) in [6, 6.07) is 3.92. The van der Waals surface area contributed by atoms with Gasteiger partial charge in [-0.3, -0.25) is 0 Å². The van der Waals surface area contributed by atoms with Crippen molar-refractivity contribution in [1.82, 2.24) is 4.98 Å². The lowest BCUT2D eigenvalue weighted by Gasteiger charge is -2.30. The molecule has 1 heterocycles. The first kappa shape index (κ1) is 15.4. The second-order valence-corrected chi connectivity index (χ2v) is 5.55. The highest BCUT2D eigenvalue weighted by Crippen LogP contribution is 2.31. The molecule has 20 heavy (non-hydrogen) atoms. The molecule has 2 nitrogen and oxygen atoms in total. The molecule has 6 heteroatoms. The molecule has 1 saturated carbocycles. The van der Waals surface area contributed by atoms with Crippen LogP contribution in [0.25, 0.3) is 0 Å². The number of rotatable bonds is 4. The second-order valence-electron chi connectivity index (χ2n) is 5.25. The van der Waals surface area contributed by atoms with Crippen molar-refractivity contribution in [2.45, 2.75) is 31.9 Å². The molecule has 112 valence electrons. The maximum Gasteiger partial charge on any atom is 0.433 e. The zero-order chi connectivity index (χ0) is 14.6. The molecule has 1 N–H and O–H groups in total. The van der Waals surface area contributed by atoms with Crippen LogP contribution in [0.1, 0.15) is 31.4 Å². The van der Waals surface area contributed by atoms with Gasteiger partial charge in [0, 0.05) is 12.4 Å². The van der Waals surface area contributed by atoms with Gasteiger partial charge in [0.05, 0.1) is 0 Å². The van der Waals surface area contributed by atoms with Gasteiger partial charge in [0.2, 0.25) is 0 Å². The lowest BCUT2D eigenvalue weighted by Crippen LogP contribution is -2.27. The molecule has 1 aromatic heterocycles. The van der Waals surface area contributed by atoms with Crippen molar-refractivity contribution in [3.63, 3.8) is 0 Å². The van der Waals surface area contributed by atoms with Crippen LogP contribution >= 0.6 is 11.6 Å². The van der Waals surface area contributed by atoms with E-state index < -0.39 is 11.9 Å². The van der Waals surface area contributed by atoms with E-state index in [9.17, 15) is 13.2 Å². The standard InChI is InChI=1S/C14H18ClF3N2/c15-8-10-4-1-2-5-11(10)9-19-13-7-3-6-12(20-13)14(16,17)18/h3,6-7,10-11H,1-2,4-5,8-9H2,(H,19,20). The van der Waals surface area contributed by atoms with Crippen molar-refractivity contribution in [3.05, 3.63) is 23.9 Å². The van der Waals surface area contributed by atoms with Crippen molar-refractivity contribution in [1.29, 1.82) is 0 Å². The van der Waals surface area contributed by atoms with E-state index in [1.807, 2.05) is 0 Å². The smallest absolute Gasteiger partial charge is 0.370 e. The molecular formula is C14H18ClF3N2. The van der Waals surface area contributed by atoms with Gasteiger partial charge in [-0.15, -0.1) is 11.6 Å². The molecule has 2 unspecified atom stereocenters. The van der Waals surface area contributed by atoms with Gasteiger partial charge >= 0.3 is 6.18 Å². The molecule has 0 aromatic carbocycles. The number of nitrogens with zero attached hydrogens (tertiary/aromatic N) is 1. The van der Waals surface area contributed by atoms with Gasteiger partial charge in [-0.1, -0.05) is 18.9 Å². The van der Waals surface area contributed by atoms with E-state index in [1.165, 1.54) is 12.5 Å². The van der Waals surface area contributed by atoms with E-state index in [0.717, 1.165) is 25.3 Å². The molecule has 2 atom stereocenters. The quantitative estimate of drug-likeness (QED) is 0.825. The second kappa shape index (κ2) is 6.66. The summed E-state index contributed by atoms with van der Waals surface area (Å²) in [7, 11) is 0. The molecule has 0 amide bonds. The summed E-state index contributed by atoms with van der Waals surface area (Å²) in [6.07, 6.45) is 0.127. The number of hydrogen-bond donors (Lipinski definition) is 1. The van der Waals surface area contributed by atoms with Crippen molar-refractivity contribution in [2.24, 2.45) is 11.8 Å².